The molecule has 0 aliphatic carbocycles. The van der Waals surface area contributed by atoms with Gasteiger partial charge in [-0.15, -0.1) is 0 Å². The Labute approximate surface area is 103 Å². The van der Waals surface area contributed by atoms with Crippen LogP contribution in [0.15, 0.2) is 48.5 Å². The minimum absolute atomic E-state index is 0.315. The van der Waals surface area contributed by atoms with Crippen LogP contribution in [-0.2, 0) is 11.3 Å². The van der Waals surface area contributed by atoms with Gasteiger partial charge in [-0.25, -0.2) is 8.78 Å². The number of anilines is 1. The molecule has 0 aromatic heterocycles. The van der Waals surface area contributed by atoms with Gasteiger partial charge in [0.1, 0.15) is 11.6 Å². The van der Waals surface area contributed by atoms with Gasteiger partial charge in [0.25, 0.3) is 0 Å². The SMILES string of the molecule is O=CN(Cc1ccc(F)cc1)c1ccc(F)cc1. The van der Waals surface area contributed by atoms with Crippen LogP contribution in [0.2, 0.25) is 0 Å². The maximum absolute atomic E-state index is 12.8. The molecule has 4 heteroatoms. The summed E-state index contributed by atoms with van der Waals surface area (Å²) in [5.74, 6) is -0.676. The number of hydrogen-bond acceptors (Lipinski definition) is 1. The van der Waals surface area contributed by atoms with Gasteiger partial charge in [-0.1, -0.05) is 12.1 Å². The summed E-state index contributed by atoms with van der Waals surface area (Å²) in [6.45, 7) is 0.315. The number of benzene rings is 2. The van der Waals surface area contributed by atoms with E-state index in [4.69, 9.17) is 0 Å². The van der Waals surface area contributed by atoms with Crippen LogP contribution in [0.5, 0.6) is 0 Å². The number of hydrogen-bond donors (Lipinski definition) is 0. The highest BCUT2D eigenvalue weighted by Crippen LogP contribution is 2.16. The number of nitrogens with zero attached hydrogens (tertiary/aromatic N) is 1. The van der Waals surface area contributed by atoms with Gasteiger partial charge >= 0.3 is 0 Å². The van der Waals surface area contributed by atoms with E-state index in [-0.39, 0.29) is 11.6 Å². The summed E-state index contributed by atoms with van der Waals surface area (Å²) in [5.41, 5.74) is 1.39. The molecular formula is C14H11F2NO. The first-order valence-electron chi connectivity index (χ1n) is 5.41. The van der Waals surface area contributed by atoms with E-state index in [1.54, 1.807) is 12.1 Å². The average Bonchev–Trinajstić information content (AvgIpc) is 2.39. The van der Waals surface area contributed by atoms with E-state index in [1.807, 2.05) is 0 Å². The predicted octanol–water partition coefficient (Wildman–Crippen LogP) is 3.13. The molecule has 0 atom stereocenters. The quantitative estimate of drug-likeness (QED) is 0.760. The molecule has 92 valence electrons. The van der Waals surface area contributed by atoms with Crippen LogP contribution < -0.4 is 4.90 Å². The van der Waals surface area contributed by atoms with Crippen molar-refractivity contribution in [2.24, 2.45) is 0 Å². The largest absolute Gasteiger partial charge is 0.311 e. The van der Waals surface area contributed by atoms with Crippen molar-refractivity contribution in [3.8, 4) is 0 Å². The summed E-state index contributed by atoms with van der Waals surface area (Å²) >= 11 is 0. The van der Waals surface area contributed by atoms with E-state index < -0.39 is 0 Å². The molecule has 0 aliphatic heterocycles. The number of carbonyl (C=O) groups excluding carboxylic acids is 1. The van der Waals surface area contributed by atoms with Crippen LogP contribution in [0.4, 0.5) is 14.5 Å². The maximum Gasteiger partial charge on any atom is 0.214 e. The van der Waals surface area contributed by atoms with Crippen molar-refractivity contribution in [3.05, 3.63) is 65.7 Å². The van der Waals surface area contributed by atoms with Gasteiger partial charge in [0, 0.05) is 5.69 Å². The van der Waals surface area contributed by atoms with E-state index in [0.29, 0.717) is 18.6 Å². The van der Waals surface area contributed by atoms with Crippen LogP contribution in [0.3, 0.4) is 0 Å². The summed E-state index contributed by atoms with van der Waals surface area (Å²) in [5, 5.41) is 0. The van der Waals surface area contributed by atoms with Crippen molar-refractivity contribution in [1.29, 1.82) is 0 Å². The molecule has 2 aromatic carbocycles. The molecule has 0 spiro atoms. The Kier molecular flexibility index (Phi) is 3.67. The second-order valence-electron chi connectivity index (χ2n) is 3.84. The highest BCUT2D eigenvalue weighted by atomic mass is 19.1. The van der Waals surface area contributed by atoms with Crippen molar-refractivity contribution in [2.45, 2.75) is 6.54 Å². The Morgan fingerprint density at radius 1 is 0.889 bits per heavy atom. The van der Waals surface area contributed by atoms with E-state index in [1.165, 1.54) is 41.3 Å². The molecule has 0 N–H and O–H groups in total. The highest BCUT2D eigenvalue weighted by Gasteiger charge is 2.06. The number of rotatable bonds is 4. The zero-order chi connectivity index (χ0) is 13.0. The molecule has 18 heavy (non-hydrogen) atoms. The van der Waals surface area contributed by atoms with Crippen molar-refractivity contribution < 1.29 is 13.6 Å². The third-order valence-electron chi connectivity index (χ3n) is 2.55. The minimum atomic E-state index is -0.355. The van der Waals surface area contributed by atoms with E-state index in [2.05, 4.69) is 0 Å². The Morgan fingerprint density at radius 2 is 1.39 bits per heavy atom. The first-order chi connectivity index (χ1) is 8.69. The Morgan fingerprint density at radius 3 is 1.89 bits per heavy atom. The molecule has 1 amide bonds. The van der Waals surface area contributed by atoms with Gasteiger partial charge in [0.2, 0.25) is 6.41 Å². The second kappa shape index (κ2) is 5.40. The third-order valence-corrected chi connectivity index (χ3v) is 2.55. The molecule has 0 saturated heterocycles. The van der Waals surface area contributed by atoms with Gasteiger partial charge in [-0.3, -0.25) is 4.79 Å². The summed E-state index contributed by atoms with van der Waals surface area (Å²) < 4.78 is 25.5. The van der Waals surface area contributed by atoms with Crippen LogP contribution in [-0.4, -0.2) is 6.41 Å². The van der Waals surface area contributed by atoms with Crippen LogP contribution in [0.1, 0.15) is 5.56 Å². The Bertz CT molecular complexity index is 522. The van der Waals surface area contributed by atoms with Crippen LogP contribution in [0, 0.1) is 11.6 Å². The lowest BCUT2D eigenvalue weighted by molar-refractivity contribution is -0.107. The van der Waals surface area contributed by atoms with Gasteiger partial charge in [0.15, 0.2) is 0 Å². The molecule has 0 heterocycles. The zero-order valence-electron chi connectivity index (χ0n) is 9.51. The van der Waals surface area contributed by atoms with Gasteiger partial charge in [-0.2, -0.15) is 0 Å². The molecule has 2 rings (SSSR count). The monoisotopic (exact) mass is 247 g/mol. The summed E-state index contributed by atoms with van der Waals surface area (Å²) in [4.78, 5) is 12.4. The lowest BCUT2D eigenvalue weighted by atomic mass is 10.2. The number of amides is 1. The van der Waals surface area contributed by atoms with Crippen molar-refractivity contribution in [2.75, 3.05) is 4.90 Å². The fourth-order valence-electron chi connectivity index (χ4n) is 1.61. The standard InChI is InChI=1S/C14H11F2NO/c15-12-3-1-11(2-4-12)9-17(10-18)14-7-5-13(16)6-8-14/h1-8,10H,9H2. The molecule has 0 fully saturated rings. The Hall–Kier alpha value is -2.23. The predicted molar refractivity (Wildman–Crippen MR) is 65.0 cm³/mol. The molecular weight excluding hydrogens is 236 g/mol. The Balaban J connectivity index is 2.16. The topological polar surface area (TPSA) is 20.3 Å². The van der Waals surface area contributed by atoms with E-state index >= 15 is 0 Å². The molecule has 0 radical (unpaired) electrons. The summed E-state index contributed by atoms with van der Waals surface area (Å²) in [6.07, 6.45) is 0.663. The molecule has 0 bridgehead atoms. The fourth-order valence-corrected chi connectivity index (χ4v) is 1.61. The zero-order valence-corrected chi connectivity index (χ0v) is 9.51. The summed E-state index contributed by atoms with van der Waals surface area (Å²) in [6, 6.07) is 11.5. The first kappa shape index (κ1) is 12.2. The van der Waals surface area contributed by atoms with Crippen molar-refractivity contribution in [3.63, 3.8) is 0 Å². The lowest BCUT2D eigenvalue weighted by Gasteiger charge is -2.17. The fraction of sp³-hybridized carbons (Fsp3) is 0.0714. The first-order valence-corrected chi connectivity index (χ1v) is 5.41. The molecule has 0 unspecified atom stereocenters. The van der Waals surface area contributed by atoms with Gasteiger partial charge in [0.05, 0.1) is 6.54 Å². The molecule has 2 aromatic rings. The highest BCUT2D eigenvalue weighted by molar-refractivity contribution is 5.74. The molecule has 2 nitrogen and oxygen atoms in total. The van der Waals surface area contributed by atoms with Crippen LogP contribution >= 0.6 is 0 Å². The summed E-state index contributed by atoms with van der Waals surface area (Å²) in [7, 11) is 0. The van der Waals surface area contributed by atoms with Crippen LogP contribution in [0.25, 0.3) is 0 Å². The smallest absolute Gasteiger partial charge is 0.214 e. The molecule has 0 aliphatic rings. The van der Waals surface area contributed by atoms with Gasteiger partial charge in [-0.05, 0) is 42.0 Å². The van der Waals surface area contributed by atoms with Crippen molar-refractivity contribution >= 4 is 12.1 Å². The van der Waals surface area contributed by atoms with Gasteiger partial charge < -0.3 is 4.90 Å². The normalized spacial score (nSPS) is 10.1. The maximum atomic E-state index is 12.8. The van der Waals surface area contributed by atoms with E-state index in [0.717, 1.165) is 5.56 Å². The van der Waals surface area contributed by atoms with E-state index in [9.17, 15) is 13.6 Å². The second-order valence-corrected chi connectivity index (χ2v) is 3.84. The average molecular weight is 247 g/mol. The minimum Gasteiger partial charge on any atom is -0.311 e. The lowest BCUT2D eigenvalue weighted by Crippen LogP contribution is -2.20. The number of halogens is 2. The third kappa shape index (κ3) is 2.91. The number of carbonyl (C=O) groups is 1. The van der Waals surface area contributed by atoms with Crippen molar-refractivity contribution in [1.82, 2.24) is 0 Å². The molecule has 0 saturated carbocycles.